The minimum absolute atomic E-state index is 0.0376. The topological polar surface area (TPSA) is 47.0 Å². The second kappa shape index (κ2) is 6.52. The van der Waals surface area contributed by atoms with E-state index in [4.69, 9.17) is 5.11 Å². The molecule has 2 aliphatic rings. The third-order valence-corrected chi connectivity index (χ3v) is 4.60. The lowest BCUT2D eigenvalue weighted by Gasteiger charge is -2.41. The van der Waals surface area contributed by atoms with Crippen molar-refractivity contribution < 1.29 is 9.90 Å². The molecule has 2 heterocycles. The second-order valence-corrected chi connectivity index (χ2v) is 6.79. The van der Waals surface area contributed by atoms with E-state index in [2.05, 4.69) is 30.7 Å². The van der Waals surface area contributed by atoms with Crippen molar-refractivity contribution in [1.82, 2.24) is 14.7 Å². The van der Waals surface area contributed by atoms with Crippen molar-refractivity contribution >= 4 is 6.09 Å². The summed E-state index contributed by atoms with van der Waals surface area (Å²) in [5, 5.41) is 9.04. The van der Waals surface area contributed by atoms with E-state index in [0.717, 1.165) is 18.9 Å². The molecule has 5 heteroatoms. The number of amides is 1. The predicted molar refractivity (Wildman–Crippen MR) is 83.8 cm³/mol. The average molecular weight is 293 g/mol. The van der Waals surface area contributed by atoms with Gasteiger partial charge in [0.2, 0.25) is 0 Å². The molecule has 0 aromatic rings. The molecule has 1 fully saturated rings. The summed E-state index contributed by atoms with van der Waals surface area (Å²) in [6, 6.07) is 0. The van der Waals surface area contributed by atoms with Gasteiger partial charge in [-0.3, -0.25) is 4.90 Å². The Kier molecular flexibility index (Phi) is 4.93. The van der Waals surface area contributed by atoms with Crippen molar-refractivity contribution in [2.24, 2.45) is 5.92 Å². The van der Waals surface area contributed by atoms with E-state index in [1.807, 2.05) is 12.3 Å². The van der Waals surface area contributed by atoms with Crippen LogP contribution in [0.3, 0.4) is 0 Å². The Bertz CT molecular complexity index is 423. The van der Waals surface area contributed by atoms with E-state index in [-0.39, 0.29) is 5.54 Å². The predicted octanol–water partition coefficient (Wildman–Crippen LogP) is 2.78. The molecule has 2 rings (SSSR count). The number of carboxylic acid groups (broad SMARTS) is 1. The lowest BCUT2D eigenvalue weighted by molar-refractivity contribution is 0.125. The van der Waals surface area contributed by atoms with Gasteiger partial charge in [0.25, 0.3) is 0 Å². The summed E-state index contributed by atoms with van der Waals surface area (Å²) >= 11 is 0. The molecule has 1 N–H and O–H groups in total. The maximum Gasteiger partial charge on any atom is 0.415 e. The van der Waals surface area contributed by atoms with E-state index >= 15 is 0 Å². The molecule has 0 radical (unpaired) electrons. The Balaban J connectivity index is 1.97. The Morgan fingerprint density at radius 3 is 2.52 bits per heavy atom. The molecule has 2 aliphatic heterocycles. The lowest BCUT2D eigenvalue weighted by atomic mass is 9.83. The maximum atomic E-state index is 11.0. The first-order valence-corrected chi connectivity index (χ1v) is 7.70. The van der Waals surface area contributed by atoms with Crippen LogP contribution in [-0.2, 0) is 0 Å². The van der Waals surface area contributed by atoms with Crippen LogP contribution in [0.2, 0.25) is 0 Å². The summed E-state index contributed by atoms with van der Waals surface area (Å²) in [4.78, 5) is 16.8. The molecule has 0 bridgehead atoms. The summed E-state index contributed by atoms with van der Waals surface area (Å²) < 4.78 is 0. The van der Waals surface area contributed by atoms with Crippen molar-refractivity contribution in [3.8, 4) is 0 Å². The molecule has 0 aromatic heterocycles. The van der Waals surface area contributed by atoms with Gasteiger partial charge < -0.3 is 14.9 Å². The maximum absolute atomic E-state index is 11.0. The molecule has 0 saturated carbocycles. The summed E-state index contributed by atoms with van der Waals surface area (Å²) in [7, 11) is 2.18. The number of piperidine rings is 1. The molecular formula is C16H27N3O2. The van der Waals surface area contributed by atoms with Gasteiger partial charge >= 0.3 is 6.09 Å². The van der Waals surface area contributed by atoms with Crippen LogP contribution in [0.4, 0.5) is 4.79 Å². The van der Waals surface area contributed by atoms with E-state index < -0.39 is 6.09 Å². The molecule has 0 atom stereocenters. The highest BCUT2D eigenvalue weighted by Crippen LogP contribution is 2.30. The monoisotopic (exact) mass is 293 g/mol. The van der Waals surface area contributed by atoms with Crippen molar-refractivity contribution in [1.29, 1.82) is 0 Å². The summed E-state index contributed by atoms with van der Waals surface area (Å²) in [5.74, 6) is 0.757. The van der Waals surface area contributed by atoms with E-state index in [1.165, 1.54) is 30.8 Å². The molecule has 0 spiro atoms. The average Bonchev–Trinajstić information content (AvgIpc) is 2.67. The molecular weight excluding hydrogens is 266 g/mol. The van der Waals surface area contributed by atoms with Crippen molar-refractivity contribution in [3.63, 3.8) is 0 Å². The van der Waals surface area contributed by atoms with Crippen LogP contribution in [-0.4, -0.2) is 58.1 Å². The van der Waals surface area contributed by atoms with Crippen LogP contribution in [0.25, 0.3) is 0 Å². The number of hydrogen-bond donors (Lipinski definition) is 1. The van der Waals surface area contributed by atoms with Gasteiger partial charge in [-0.25, -0.2) is 4.79 Å². The smallest absolute Gasteiger partial charge is 0.415 e. The van der Waals surface area contributed by atoms with Crippen molar-refractivity contribution in [2.75, 3.05) is 26.7 Å². The highest BCUT2D eigenvalue weighted by Gasteiger charge is 2.29. The fourth-order valence-electron chi connectivity index (χ4n) is 3.20. The molecule has 0 aliphatic carbocycles. The van der Waals surface area contributed by atoms with Crippen molar-refractivity contribution in [3.05, 3.63) is 24.7 Å². The van der Waals surface area contributed by atoms with Gasteiger partial charge in [-0.15, -0.1) is 0 Å². The summed E-state index contributed by atoms with van der Waals surface area (Å²) in [6.45, 7) is 7.62. The van der Waals surface area contributed by atoms with E-state index in [0.29, 0.717) is 0 Å². The Hall–Kier alpha value is -1.49. The molecule has 1 amide bonds. The number of rotatable bonds is 3. The molecule has 21 heavy (non-hydrogen) atoms. The first-order valence-electron chi connectivity index (χ1n) is 7.70. The van der Waals surface area contributed by atoms with E-state index in [9.17, 15) is 4.79 Å². The number of carbonyl (C=O) groups is 1. The fraction of sp³-hybridized carbons (Fsp3) is 0.688. The summed E-state index contributed by atoms with van der Waals surface area (Å²) in [6.07, 6.45) is 9.77. The normalized spacial score (nSPS) is 21.7. The Morgan fingerprint density at radius 2 is 1.90 bits per heavy atom. The first-order chi connectivity index (χ1) is 9.88. The number of nitrogens with zero attached hydrogens (tertiary/aromatic N) is 3. The van der Waals surface area contributed by atoms with Crippen LogP contribution in [0, 0.1) is 5.92 Å². The molecule has 0 unspecified atom stereocenters. The van der Waals surface area contributed by atoms with Gasteiger partial charge in [0.1, 0.15) is 0 Å². The van der Waals surface area contributed by atoms with Gasteiger partial charge in [-0.1, -0.05) is 0 Å². The van der Waals surface area contributed by atoms with Crippen LogP contribution < -0.4 is 0 Å². The quantitative estimate of drug-likeness (QED) is 0.869. The highest BCUT2D eigenvalue weighted by molar-refractivity contribution is 5.67. The highest BCUT2D eigenvalue weighted by atomic mass is 16.4. The number of likely N-dealkylation sites (tertiary alicyclic amines) is 1. The Labute approximate surface area is 127 Å². The Morgan fingerprint density at radius 1 is 1.24 bits per heavy atom. The van der Waals surface area contributed by atoms with Gasteiger partial charge in [-0.2, -0.15) is 0 Å². The van der Waals surface area contributed by atoms with Crippen molar-refractivity contribution in [2.45, 2.75) is 38.6 Å². The largest absolute Gasteiger partial charge is 0.464 e. The molecule has 1 saturated heterocycles. The molecule has 5 nitrogen and oxygen atoms in total. The van der Waals surface area contributed by atoms with Crippen LogP contribution in [0.5, 0.6) is 0 Å². The minimum atomic E-state index is -0.947. The minimum Gasteiger partial charge on any atom is -0.464 e. The van der Waals surface area contributed by atoms with Gasteiger partial charge in [0.05, 0.1) is 0 Å². The zero-order chi connectivity index (χ0) is 15.5. The summed E-state index contributed by atoms with van der Waals surface area (Å²) in [5.41, 5.74) is 0.0376. The third-order valence-electron chi connectivity index (χ3n) is 4.60. The standard InChI is InChI=1S/C16H27N3O2/c1-16(2,13-14-5-9-17(3)10-6-14)19-8-4-7-18(11-12-19)15(20)21/h4,7,11-12,14H,5-6,8-10,13H2,1-3H3,(H,20,21). The van der Waals surface area contributed by atoms with Crippen LogP contribution in [0.15, 0.2) is 24.7 Å². The van der Waals surface area contributed by atoms with Crippen LogP contribution in [0.1, 0.15) is 33.1 Å². The van der Waals surface area contributed by atoms with Gasteiger partial charge in [0, 0.05) is 30.7 Å². The second-order valence-electron chi connectivity index (χ2n) is 6.79. The first kappa shape index (κ1) is 15.9. The SMILES string of the molecule is CN1CCC(CC(C)(C)N2C=CN(C(=O)O)C=CC2)CC1. The van der Waals surface area contributed by atoms with Gasteiger partial charge in [0.15, 0.2) is 0 Å². The van der Waals surface area contributed by atoms with Crippen LogP contribution >= 0.6 is 0 Å². The number of hydrogen-bond acceptors (Lipinski definition) is 3. The third kappa shape index (κ3) is 4.24. The zero-order valence-corrected chi connectivity index (χ0v) is 13.3. The molecule has 118 valence electrons. The van der Waals surface area contributed by atoms with Gasteiger partial charge in [-0.05, 0) is 65.2 Å². The molecule has 0 aromatic carbocycles. The van der Waals surface area contributed by atoms with E-state index in [1.54, 1.807) is 12.4 Å². The fourth-order valence-corrected chi connectivity index (χ4v) is 3.20. The lowest BCUT2D eigenvalue weighted by Crippen LogP contribution is -2.43. The zero-order valence-electron chi connectivity index (χ0n) is 13.3.